The van der Waals surface area contributed by atoms with Crippen LogP contribution in [0, 0.1) is 0 Å². The van der Waals surface area contributed by atoms with Crippen molar-refractivity contribution in [1.29, 1.82) is 0 Å². The van der Waals surface area contributed by atoms with Gasteiger partial charge in [0.15, 0.2) is 0 Å². The van der Waals surface area contributed by atoms with E-state index < -0.39 is 0 Å². The van der Waals surface area contributed by atoms with Crippen LogP contribution in [0.15, 0.2) is 30.6 Å². The van der Waals surface area contributed by atoms with Gasteiger partial charge in [0.25, 0.3) is 0 Å². The number of anilines is 1. The minimum atomic E-state index is 0.413. The summed E-state index contributed by atoms with van der Waals surface area (Å²) in [6.45, 7) is 4.98. The summed E-state index contributed by atoms with van der Waals surface area (Å²) in [7, 11) is 0. The van der Waals surface area contributed by atoms with Gasteiger partial charge >= 0.3 is 0 Å². The largest absolute Gasteiger partial charge is 0.384 e. The van der Waals surface area contributed by atoms with E-state index in [0.29, 0.717) is 11.7 Å². The molecule has 0 saturated carbocycles. The molecule has 0 amide bonds. The molecule has 2 N–H and O–H groups in total. The normalized spacial score (nSPS) is 10.9. The molecule has 0 aliphatic heterocycles. The summed E-state index contributed by atoms with van der Waals surface area (Å²) in [5.41, 5.74) is 6.61. The van der Waals surface area contributed by atoms with Gasteiger partial charge in [0, 0.05) is 18.3 Å². The standard InChI is InChI=1S/C12H16N4/c1-9(2)12-14-6-7-16(12)8-10-4-3-5-11(13)15-10/h3-7,9H,8H2,1-2H3,(H2,13,15). The first-order chi connectivity index (χ1) is 7.66. The molecule has 0 fully saturated rings. The lowest BCUT2D eigenvalue weighted by atomic mass is 10.2. The van der Waals surface area contributed by atoms with Crippen LogP contribution >= 0.6 is 0 Å². The molecular formula is C12H16N4. The average molecular weight is 216 g/mol. The molecule has 0 aliphatic carbocycles. The van der Waals surface area contributed by atoms with Crippen LogP contribution in [-0.4, -0.2) is 14.5 Å². The van der Waals surface area contributed by atoms with Crippen LogP contribution in [0.2, 0.25) is 0 Å². The maximum absolute atomic E-state index is 5.65. The number of nitrogens with two attached hydrogens (primary N) is 1. The van der Waals surface area contributed by atoms with E-state index in [9.17, 15) is 0 Å². The molecule has 2 heterocycles. The molecule has 0 bridgehead atoms. The fraction of sp³-hybridized carbons (Fsp3) is 0.333. The van der Waals surface area contributed by atoms with E-state index in [2.05, 4.69) is 28.4 Å². The maximum atomic E-state index is 5.65. The van der Waals surface area contributed by atoms with Gasteiger partial charge < -0.3 is 10.3 Å². The van der Waals surface area contributed by atoms with Gasteiger partial charge in [-0.25, -0.2) is 9.97 Å². The Hall–Kier alpha value is -1.84. The van der Waals surface area contributed by atoms with Gasteiger partial charge in [-0.2, -0.15) is 0 Å². The molecule has 0 saturated heterocycles. The third-order valence-corrected chi connectivity index (χ3v) is 2.42. The molecule has 0 aliphatic rings. The number of nitrogens with zero attached hydrogens (tertiary/aromatic N) is 3. The zero-order valence-electron chi connectivity index (χ0n) is 9.59. The zero-order valence-corrected chi connectivity index (χ0v) is 9.59. The van der Waals surface area contributed by atoms with Crippen LogP contribution in [-0.2, 0) is 6.54 Å². The predicted molar refractivity (Wildman–Crippen MR) is 64.1 cm³/mol. The van der Waals surface area contributed by atoms with Crippen LogP contribution in [0.4, 0.5) is 5.82 Å². The number of rotatable bonds is 3. The summed E-state index contributed by atoms with van der Waals surface area (Å²) >= 11 is 0. The molecule has 0 spiro atoms. The first kappa shape index (κ1) is 10.7. The van der Waals surface area contributed by atoms with E-state index in [1.807, 2.05) is 24.5 Å². The molecule has 16 heavy (non-hydrogen) atoms. The van der Waals surface area contributed by atoms with Crippen molar-refractivity contribution in [2.24, 2.45) is 0 Å². The quantitative estimate of drug-likeness (QED) is 0.854. The Labute approximate surface area is 95.1 Å². The van der Waals surface area contributed by atoms with Gasteiger partial charge in [-0.15, -0.1) is 0 Å². The van der Waals surface area contributed by atoms with Crippen molar-refractivity contribution in [1.82, 2.24) is 14.5 Å². The highest BCUT2D eigenvalue weighted by atomic mass is 15.1. The summed E-state index contributed by atoms with van der Waals surface area (Å²) in [6, 6.07) is 5.69. The average Bonchev–Trinajstić information content (AvgIpc) is 2.66. The number of nitrogen functional groups attached to an aromatic ring is 1. The van der Waals surface area contributed by atoms with Crippen molar-refractivity contribution in [3.63, 3.8) is 0 Å². The Morgan fingerprint density at radius 3 is 2.88 bits per heavy atom. The fourth-order valence-corrected chi connectivity index (χ4v) is 1.72. The van der Waals surface area contributed by atoms with E-state index in [1.165, 1.54) is 0 Å². The first-order valence-electron chi connectivity index (χ1n) is 5.39. The van der Waals surface area contributed by atoms with Gasteiger partial charge in [0.05, 0.1) is 12.2 Å². The minimum absolute atomic E-state index is 0.413. The maximum Gasteiger partial charge on any atom is 0.123 e. The lowest BCUT2D eigenvalue weighted by Crippen LogP contribution is -2.07. The van der Waals surface area contributed by atoms with E-state index in [1.54, 1.807) is 6.07 Å². The second-order valence-electron chi connectivity index (χ2n) is 4.12. The highest BCUT2D eigenvalue weighted by Gasteiger charge is 2.07. The Morgan fingerprint density at radius 1 is 1.38 bits per heavy atom. The molecule has 0 aromatic carbocycles. The smallest absolute Gasteiger partial charge is 0.123 e. The molecule has 2 aromatic rings. The third kappa shape index (κ3) is 2.21. The fourth-order valence-electron chi connectivity index (χ4n) is 1.72. The van der Waals surface area contributed by atoms with Gasteiger partial charge in [-0.1, -0.05) is 19.9 Å². The summed E-state index contributed by atoms with van der Waals surface area (Å²) in [5, 5.41) is 0. The molecule has 2 rings (SSSR count). The molecule has 0 radical (unpaired) electrons. The lowest BCUT2D eigenvalue weighted by molar-refractivity contribution is 0.661. The summed E-state index contributed by atoms with van der Waals surface area (Å²) in [6.07, 6.45) is 3.79. The molecule has 2 aromatic heterocycles. The van der Waals surface area contributed by atoms with E-state index in [0.717, 1.165) is 18.1 Å². The van der Waals surface area contributed by atoms with Gasteiger partial charge in [0.2, 0.25) is 0 Å². The number of pyridine rings is 1. The van der Waals surface area contributed by atoms with Gasteiger partial charge in [-0.05, 0) is 12.1 Å². The van der Waals surface area contributed by atoms with Crippen molar-refractivity contribution < 1.29 is 0 Å². The number of imidazole rings is 1. The van der Waals surface area contributed by atoms with Crippen molar-refractivity contribution in [2.45, 2.75) is 26.3 Å². The zero-order chi connectivity index (χ0) is 11.5. The van der Waals surface area contributed by atoms with Crippen molar-refractivity contribution in [3.8, 4) is 0 Å². The molecule has 0 unspecified atom stereocenters. The lowest BCUT2D eigenvalue weighted by Gasteiger charge is -2.09. The van der Waals surface area contributed by atoms with Crippen LogP contribution < -0.4 is 5.73 Å². The first-order valence-corrected chi connectivity index (χ1v) is 5.39. The third-order valence-electron chi connectivity index (χ3n) is 2.42. The number of hydrogen-bond acceptors (Lipinski definition) is 3. The predicted octanol–water partition coefficient (Wildman–Crippen LogP) is 2.03. The Morgan fingerprint density at radius 2 is 2.19 bits per heavy atom. The topological polar surface area (TPSA) is 56.7 Å². The van der Waals surface area contributed by atoms with Gasteiger partial charge in [-0.3, -0.25) is 0 Å². The molecular weight excluding hydrogens is 200 g/mol. The second-order valence-corrected chi connectivity index (χ2v) is 4.12. The van der Waals surface area contributed by atoms with E-state index in [-0.39, 0.29) is 0 Å². The molecule has 84 valence electrons. The van der Waals surface area contributed by atoms with Crippen molar-refractivity contribution >= 4 is 5.82 Å². The Balaban J connectivity index is 2.24. The van der Waals surface area contributed by atoms with Crippen molar-refractivity contribution in [3.05, 3.63) is 42.1 Å². The van der Waals surface area contributed by atoms with Crippen LogP contribution in [0.5, 0.6) is 0 Å². The van der Waals surface area contributed by atoms with Crippen LogP contribution in [0.25, 0.3) is 0 Å². The Kier molecular flexibility index (Phi) is 2.90. The highest BCUT2D eigenvalue weighted by molar-refractivity contribution is 5.28. The molecule has 4 nitrogen and oxygen atoms in total. The van der Waals surface area contributed by atoms with Crippen LogP contribution in [0.3, 0.4) is 0 Å². The second kappa shape index (κ2) is 4.35. The molecule has 0 atom stereocenters. The van der Waals surface area contributed by atoms with E-state index in [4.69, 9.17) is 5.73 Å². The van der Waals surface area contributed by atoms with E-state index >= 15 is 0 Å². The molecule has 4 heteroatoms. The van der Waals surface area contributed by atoms with Crippen molar-refractivity contribution in [2.75, 3.05) is 5.73 Å². The summed E-state index contributed by atoms with van der Waals surface area (Å²) < 4.78 is 2.10. The number of hydrogen-bond donors (Lipinski definition) is 1. The summed E-state index contributed by atoms with van der Waals surface area (Å²) in [5.74, 6) is 2.05. The van der Waals surface area contributed by atoms with Gasteiger partial charge in [0.1, 0.15) is 11.6 Å². The van der Waals surface area contributed by atoms with Crippen LogP contribution in [0.1, 0.15) is 31.3 Å². The minimum Gasteiger partial charge on any atom is -0.384 e. The monoisotopic (exact) mass is 216 g/mol. The highest BCUT2D eigenvalue weighted by Crippen LogP contribution is 2.13. The summed E-state index contributed by atoms with van der Waals surface area (Å²) in [4.78, 5) is 8.62. The SMILES string of the molecule is CC(C)c1nccn1Cc1cccc(N)n1. The number of aromatic nitrogens is 3. The Bertz CT molecular complexity index is 473.